The summed E-state index contributed by atoms with van der Waals surface area (Å²) >= 11 is 0. The summed E-state index contributed by atoms with van der Waals surface area (Å²) in [6.07, 6.45) is -9.80. The van der Waals surface area contributed by atoms with E-state index < -0.39 is 322 Å². The van der Waals surface area contributed by atoms with E-state index in [1.54, 1.807) is 68.4 Å². The van der Waals surface area contributed by atoms with Crippen molar-refractivity contribution in [1.82, 2.24) is 99.9 Å². The first-order valence-corrected chi connectivity index (χ1v) is 47.2. The van der Waals surface area contributed by atoms with E-state index in [1.165, 1.54) is 44.3 Å². The van der Waals surface area contributed by atoms with Gasteiger partial charge in [-0.05, 0) is 138 Å². The van der Waals surface area contributed by atoms with Crippen LogP contribution in [0.25, 0.3) is 10.9 Å². The molecule has 18 atom stereocenters. The molecule has 9 rings (SSSR count). The molecule has 0 aliphatic carbocycles. The van der Waals surface area contributed by atoms with Gasteiger partial charge in [0.15, 0.2) is 5.96 Å². The van der Waals surface area contributed by atoms with Crippen LogP contribution in [0.4, 0.5) is 0 Å². The number of nitrogens with two attached hydrogens (primary N) is 2. The number of aromatic hydroxyl groups is 1. The van der Waals surface area contributed by atoms with E-state index in [0.29, 0.717) is 22.0 Å². The molecule has 49 nitrogen and oxygen atoms in total. The van der Waals surface area contributed by atoms with E-state index in [4.69, 9.17) is 26.4 Å². The highest BCUT2D eigenvalue weighted by Crippen LogP contribution is 2.27. The van der Waals surface area contributed by atoms with Crippen LogP contribution in [0.1, 0.15) is 161 Å². The Hall–Kier alpha value is -14.9. The number of H-pyrrole nitrogens is 1. The fourth-order valence-electron chi connectivity index (χ4n) is 17.0. The van der Waals surface area contributed by atoms with Crippen LogP contribution in [0.15, 0.2) is 85.1 Å². The van der Waals surface area contributed by atoms with E-state index >= 15 is 62.3 Å². The number of guanidine groups is 1. The van der Waals surface area contributed by atoms with Gasteiger partial charge in [-0.3, -0.25) is 101 Å². The number of carbonyl (C=O) groups excluding carboxylic acids is 19. The number of phenolic OH excluding ortho intramolecular Hbond substituents is 1. The number of hydrogen-bond donors (Lipinski definition) is 24. The third-order valence-electron chi connectivity index (χ3n) is 24.6. The Morgan fingerprint density at radius 2 is 1.20 bits per heavy atom. The van der Waals surface area contributed by atoms with Gasteiger partial charge in [0, 0.05) is 75.4 Å². The number of aromatic amines is 1. The van der Waals surface area contributed by atoms with Gasteiger partial charge in [0.05, 0.1) is 25.5 Å². The standard InChI is InChI=1S/C93H128N22O27/c1-46(2)37-60-80(127)101-58-30-32-72(122)141-45-66-85(132)106-64(83(130)104-60)42-73(123)142-49(6)76(113-84(131)62(40-52-44-99-55-20-11-10-19-54(52)55)107-86(133)68-24-16-36-115(68)91(138)74(47(3)4)112-79(126)57(29-31-71(120)121)102-88(135)75(48(5)116)111-70(119)43-94)89(136)108-61(38-51-25-27-53(117)28-26-51)81(128)100-56(77(124)109-65(39-50-17-8-7-9-18-50)90(137)114-35-15-23-67(114)87(134)110-66)21-12-13-33-97-69(118)41-63(105-78(58)125)82(129)103-59(92(139)140)22-14-34-98-93(95)96/h7-11,17-20,25-28,44,46-49,56-68,74-76,99,116-117H,12-16,21-24,29-43,45,94H2,1-6H3,(H,97,118)(H,100,128)(H,101,127)(H,102,135)(H,103,129)(H,104,130)(H,105,125)(H,106,132)(H,107,133)(H,108,136)(H,109,124)(H,110,134)(H,111,119)(H,112,126)(H,113,131)(H,120,121)(H,139,140)(H4,95,96,98)/t48-,49-,56-,57+,58+,59+,60+,61+,62+,63+,64+,65+,66+,67+,68+,74+,75+,76+/m1/s1. The second-order valence-electron chi connectivity index (χ2n) is 36.4. The summed E-state index contributed by atoms with van der Waals surface area (Å²) in [7, 11) is 0. The Morgan fingerprint density at radius 1 is 0.577 bits per heavy atom. The number of ether oxygens (including phenoxy) is 2. The summed E-state index contributed by atoms with van der Waals surface area (Å²) in [5, 5.41) is 89.4. The fraction of sp³-hybridized carbons (Fsp3) is 0.548. The number of carboxylic acid groups (broad SMARTS) is 2. The topological polar surface area (TPSA) is 748 Å². The first kappa shape index (κ1) is 111. The molecule has 4 bridgehead atoms. The van der Waals surface area contributed by atoms with Crippen LogP contribution in [0.2, 0.25) is 0 Å². The third-order valence-corrected chi connectivity index (χ3v) is 24.6. The van der Waals surface area contributed by atoms with Crippen molar-refractivity contribution < 1.29 is 131 Å². The normalized spacial score (nSPS) is 23.8. The Morgan fingerprint density at radius 3 is 1.87 bits per heavy atom. The van der Waals surface area contributed by atoms with E-state index in [-0.39, 0.29) is 102 Å². The molecule has 0 saturated carbocycles. The second-order valence-corrected chi connectivity index (χ2v) is 36.4. The smallest absolute Gasteiger partial charge is 0.326 e. The van der Waals surface area contributed by atoms with Crippen molar-refractivity contribution in [3.63, 3.8) is 0 Å². The number of aromatic nitrogens is 1. The lowest BCUT2D eigenvalue weighted by atomic mass is 10.00. The maximum Gasteiger partial charge on any atom is 0.326 e. The Balaban J connectivity index is 1.17. The molecular weight excluding hydrogens is 1860 g/mol. The monoisotopic (exact) mass is 1980 g/mol. The predicted octanol–water partition coefficient (Wildman–Crippen LogP) is -5.71. The van der Waals surface area contributed by atoms with Crippen molar-refractivity contribution in [2.75, 3.05) is 39.3 Å². The van der Waals surface area contributed by atoms with Crippen LogP contribution in [0.5, 0.6) is 5.75 Å². The van der Waals surface area contributed by atoms with Gasteiger partial charge in [0.2, 0.25) is 100 Å². The Kier molecular flexibility index (Phi) is 41.2. The lowest BCUT2D eigenvalue weighted by Gasteiger charge is -2.33. The number of aliphatic hydroxyl groups is 1. The van der Waals surface area contributed by atoms with Crippen LogP contribution in [-0.4, -0.2) is 314 Å². The van der Waals surface area contributed by atoms with E-state index in [1.807, 2.05) is 0 Å². The minimum Gasteiger partial charge on any atom is -0.508 e. The van der Waals surface area contributed by atoms with Gasteiger partial charge in [0.25, 0.3) is 0 Å². The molecular formula is C93H128N22O27. The molecule has 5 aliphatic heterocycles. The van der Waals surface area contributed by atoms with Crippen LogP contribution >= 0.6 is 0 Å². The molecule has 26 N–H and O–H groups in total. The van der Waals surface area contributed by atoms with Gasteiger partial charge in [0.1, 0.15) is 115 Å². The molecule has 17 amide bonds. The van der Waals surface area contributed by atoms with Gasteiger partial charge < -0.3 is 141 Å². The largest absolute Gasteiger partial charge is 0.508 e. The van der Waals surface area contributed by atoms with E-state index in [0.717, 1.165) is 23.6 Å². The average molecular weight is 1990 g/mol. The summed E-state index contributed by atoms with van der Waals surface area (Å²) < 4.78 is 11.7. The summed E-state index contributed by atoms with van der Waals surface area (Å²) in [6, 6.07) is -9.15. The predicted molar refractivity (Wildman–Crippen MR) is 501 cm³/mol. The number of fused-ring (bicyclic) bond motifs is 13. The average Bonchev–Trinajstić information content (AvgIpc) is 1.67. The molecule has 3 aromatic carbocycles. The van der Waals surface area contributed by atoms with Crippen molar-refractivity contribution in [2.45, 2.75) is 272 Å². The molecule has 4 aromatic rings. The molecule has 49 heteroatoms. The maximum atomic E-state index is 16.1. The zero-order chi connectivity index (χ0) is 104. The molecule has 5 aliphatic rings. The number of likely N-dealkylation sites (tertiary alicyclic amines) is 1. The van der Waals surface area contributed by atoms with Crippen molar-refractivity contribution in [2.24, 2.45) is 23.3 Å². The number of amides is 17. The molecule has 1 aromatic heterocycles. The summed E-state index contributed by atoms with van der Waals surface area (Å²) in [4.78, 5) is 315. The van der Waals surface area contributed by atoms with Crippen LogP contribution < -0.4 is 96.5 Å². The van der Waals surface area contributed by atoms with E-state index in [2.05, 4.69) is 90.1 Å². The summed E-state index contributed by atoms with van der Waals surface area (Å²) in [5.74, 6) is -27.2. The number of aliphatic carboxylic acids is 2. The van der Waals surface area contributed by atoms with Crippen molar-refractivity contribution in [3.8, 4) is 5.75 Å². The summed E-state index contributed by atoms with van der Waals surface area (Å²) in [6.45, 7) is 6.08. The van der Waals surface area contributed by atoms with Gasteiger partial charge >= 0.3 is 23.9 Å². The van der Waals surface area contributed by atoms with Crippen LogP contribution in [0.3, 0.4) is 0 Å². The number of nitrogens with one attached hydrogen (secondary N) is 18. The van der Waals surface area contributed by atoms with Gasteiger partial charge in [-0.2, -0.15) is 0 Å². The highest BCUT2D eigenvalue weighted by atomic mass is 16.5. The van der Waals surface area contributed by atoms with Crippen molar-refractivity contribution >= 4 is 141 Å². The number of benzene rings is 3. The lowest BCUT2D eigenvalue weighted by molar-refractivity contribution is -0.154. The number of hydrogen-bond acceptors (Lipinski definition) is 27. The molecule has 5 saturated heterocycles. The molecule has 0 spiro atoms. The number of para-hydroxylation sites is 1. The molecule has 772 valence electrons. The number of cyclic esters (lactones) is 1. The highest BCUT2D eigenvalue weighted by molar-refractivity contribution is 6.03. The number of esters is 2. The minimum atomic E-state index is -2.30. The number of carbonyl (C=O) groups is 21. The molecule has 6 heterocycles. The Bertz CT molecular complexity index is 5270. The zero-order valence-electron chi connectivity index (χ0n) is 79.5. The highest BCUT2D eigenvalue weighted by Gasteiger charge is 2.47. The van der Waals surface area contributed by atoms with Crippen LogP contribution in [0, 0.1) is 17.2 Å². The number of rotatable bonds is 31. The molecule has 5 fully saturated rings. The van der Waals surface area contributed by atoms with E-state index in [9.17, 15) is 58.8 Å². The zero-order valence-corrected chi connectivity index (χ0v) is 79.5. The maximum absolute atomic E-state index is 16.1. The van der Waals surface area contributed by atoms with Gasteiger partial charge in [-0.1, -0.05) is 88.4 Å². The lowest BCUT2D eigenvalue weighted by Crippen LogP contribution is -2.63. The van der Waals surface area contributed by atoms with Crippen molar-refractivity contribution in [1.29, 1.82) is 5.41 Å². The van der Waals surface area contributed by atoms with Crippen molar-refractivity contribution in [3.05, 3.63) is 102 Å². The molecule has 142 heavy (non-hydrogen) atoms. The number of phenols is 1. The molecule has 0 unspecified atom stereocenters. The fourth-order valence-corrected chi connectivity index (χ4v) is 17.0. The quantitative estimate of drug-likeness (QED) is 0.00966. The first-order valence-electron chi connectivity index (χ1n) is 47.2. The first-order chi connectivity index (χ1) is 67.4. The van der Waals surface area contributed by atoms with Crippen LogP contribution in [-0.2, 0) is 129 Å². The number of carboxylic acids is 2. The van der Waals surface area contributed by atoms with Gasteiger partial charge in [-0.15, -0.1) is 0 Å². The number of aliphatic hydroxyl groups excluding tert-OH is 1. The minimum absolute atomic E-state index is 0.00710. The summed E-state index contributed by atoms with van der Waals surface area (Å²) in [5.41, 5.74) is 12.4. The SMILES string of the molecule is CC(C)C[C@@H]1NC(=O)[C@@H]2CC(=O)O[C@H](C)[C@H](NC(=O)[C@H](Cc3c[nH]c4ccccc34)NC(=O)[C@@H]3CCCN3C(=O)[C@@H](NC(=O)[C@H](CCC(=O)O)NC(=O)[C@@H](NC(=O)CN)[C@@H](C)O)C(C)C)C(=O)N[C@@H](Cc3ccc(O)cc3)C(=O)N[C@@H]3CCCCNC(=O)C[C@@H](C(=O)N[C@@H](CCCNC(=N)N)C(=O)O)NC(=O)[C@H](CCC(=O)OC[C@H](NC(=O)[C@@H]4CCCN4C(=O)[C@H](Cc4ccccc4)NC3=O)C(=O)N2)NC1=O. The third kappa shape index (κ3) is 32.6. The second kappa shape index (κ2) is 52.9. The Labute approximate surface area is 816 Å². The number of nitrogens with zero attached hydrogens (tertiary/aromatic N) is 2. The van der Waals surface area contributed by atoms with Gasteiger partial charge in [-0.25, -0.2) is 4.79 Å². The molecule has 0 radical (unpaired) electrons.